The van der Waals surface area contributed by atoms with Gasteiger partial charge in [0.2, 0.25) is 0 Å². The van der Waals surface area contributed by atoms with Gasteiger partial charge in [-0.3, -0.25) is 4.79 Å². The molecule has 0 spiro atoms. The molecule has 2 rings (SSSR count). The molecule has 1 atom stereocenters. The van der Waals surface area contributed by atoms with E-state index in [0.717, 1.165) is 38.7 Å². The molecule has 1 saturated carbocycles. The Morgan fingerprint density at radius 3 is 2.69 bits per heavy atom. The molecule has 1 heterocycles. The molecule has 0 aromatic rings. The number of hydrogen-bond donors (Lipinski definition) is 1. The molecule has 1 saturated heterocycles. The molecule has 1 aliphatic carbocycles. The average Bonchev–Trinajstić information content (AvgIpc) is 2.23. The molecule has 2 aliphatic rings. The topological polar surface area (TPSA) is 55.8 Å². The Bertz CT molecular complexity index is 241. The lowest BCUT2D eigenvalue weighted by Crippen LogP contribution is -2.44. The maximum absolute atomic E-state index is 10.7. The van der Waals surface area contributed by atoms with Crippen LogP contribution >= 0.6 is 0 Å². The summed E-state index contributed by atoms with van der Waals surface area (Å²) in [4.78, 5) is 10.7. The summed E-state index contributed by atoms with van der Waals surface area (Å²) >= 11 is 0. The minimum Gasteiger partial charge on any atom is -0.481 e. The fourth-order valence-corrected chi connectivity index (χ4v) is 2.43. The molecular formula is C12H20O4. The van der Waals surface area contributed by atoms with Gasteiger partial charge in [-0.25, -0.2) is 0 Å². The highest BCUT2D eigenvalue weighted by molar-refractivity contribution is 5.68. The zero-order valence-electron chi connectivity index (χ0n) is 9.61. The lowest BCUT2D eigenvalue weighted by molar-refractivity contribution is -0.165. The van der Waals surface area contributed by atoms with Crippen LogP contribution in [-0.2, 0) is 14.3 Å². The van der Waals surface area contributed by atoms with Crippen molar-refractivity contribution >= 4 is 5.97 Å². The van der Waals surface area contributed by atoms with Gasteiger partial charge >= 0.3 is 5.97 Å². The Balaban J connectivity index is 1.75. The van der Waals surface area contributed by atoms with Crippen LogP contribution in [-0.4, -0.2) is 36.0 Å². The molecular weight excluding hydrogens is 208 g/mol. The van der Waals surface area contributed by atoms with Crippen LogP contribution in [0.2, 0.25) is 0 Å². The summed E-state index contributed by atoms with van der Waals surface area (Å²) in [6.07, 6.45) is 6.54. The number of rotatable bonds is 5. The molecule has 0 aromatic carbocycles. The summed E-state index contributed by atoms with van der Waals surface area (Å²) < 4.78 is 11.4. The second kappa shape index (κ2) is 5.15. The number of ether oxygens (including phenoxy) is 2. The highest BCUT2D eigenvalue weighted by Crippen LogP contribution is 2.39. The summed E-state index contributed by atoms with van der Waals surface area (Å²) in [5.41, 5.74) is -0.382. The number of hydrogen-bond acceptors (Lipinski definition) is 3. The van der Waals surface area contributed by atoms with Gasteiger partial charge in [0.15, 0.2) is 0 Å². The first-order valence-corrected chi connectivity index (χ1v) is 6.18. The quantitative estimate of drug-likeness (QED) is 0.781. The smallest absolute Gasteiger partial charge is 0.306 e. The minimum atomic E-state index is -0.760. The molecule has 1 N–H and O–H groups in total. The van der Waals surface area contributed by atoms with Crippen LogP contribution in [0.3, 0.4) is 0 Å². The fraction of sp³-hybridized carbons (Fsp3) is 0.917. The first-order valence-electron chi connectivity index (χ1n) is 6.18. The second-order valence-corrected chi connectivity index (χ2v) is 4.91. The van der Waals surface area contributed by atoms with E-state index < -0.39 is 5.97 Å². The van der Waals surface area contributed by atoms with Crippen LogP contribution in [0.25, 0.3) is 0 Å². The van der Waals surface area contributed by atoms with Gasteiger partial charge in [-0.1, -0.05) is 0 Å². The zero-order valence-corrected chi connectivity index (χ0v) is 9.61. The average molecular weight is 228 g/mol. The van der Waals surface area contributed by atoms with E-state index in [1.807, 2.05) is 0 Å². The SMILES string of the molecule is O=C(O)CC1(OCC2CCCCO2)CCC1. The minimum absolute atomic E-state index is 0.139. The van der Waals surface area contributed by atoms with Crippen LogP contribution in [0.5, 0.6) is 0 Å². The molecule has 0 aromatic heterocycles. The maximum atomic E-state index is 10.7. The lowest BCUT2D eigenvalue weighted by atomic mass is 9.77. The van der Waals surface area contributed by atoms with Crippen molar-refractivity contribution in [1.29, 1.82) is 0 Å². The van der Waals surface area contributed by atoms with Gasteiger partial charge < -0.3 is 14.6 Å². The molecule has 1 aliphatic heterocycles. The third-order valence-corrected chi connectivity index (χ3v) is 3.59. The third kappa shape index (κ3) is 2.95. The Kier molecular flexibility index (Phi) is 3.82. The summed E-state index contributed by atoms with van der Waals surface area (Å²) in [6, 6.07) is 0. The van der Waals surface area contributed by atoms with Crippen molar-refractivity contribution in [3.63, 3.8) is 0 Å². The first-order chi connectivity index (χ1) is 7.70. The second-order valence-electron chi connectivity index (χ2n) is 4.91. The van der Waals surface area contributed by atoms with E-state index in [0.29, 0.717) is 6.61 Å². The van der Waals surface area contributed by atoms with E-state index in [4.69, 9.17) is 14.6 Å². The predicted octanol–water partition coefficient (Wildman–Crippen LogP) is 1.97. The van der Waals surface area contributed by atoms with Crippen molar-refractivity contribution in [1.82, 2.24) is 0 Å². The van der Waals surface area contributed by atoms with Gasteiger partial charge in [-0.2, -0.15) is 0 Å². The van der Waals surface area contributed by atoms with Crippen molar-refractivity contribution in [3.8, 4) is 0 Å². The summed E-state index contributed by atoms with van der Waals surface area (Å²) in [5.74, 6) is -0.760. The molecule has 2 fully saturated rings. The van der Waals surface area contributed by atoms with Gasteiger partial charge in [0, 0.05) is 6.61 Å². The molecule has 4 heteroatoms. The van der Waals surface area contributed by atoms with Crippen molar-refractivity contribution in [2.75, 3.05) is 13.2 Å². The molecule has 4 nitrogen and oxygen atoms in total. The standard InChI is InChI=1S/C12H20O4/c13-11(14)8-12(5-3-6-12)16-9-10-4-1-2-7-15-10/h10H,1-9H2,(H,13,14). The van der Waals surface area contributed by atoms with Crippen molar-refractivity contribution in [2.45, 2.75) is 56.7 Å². The summed E-state index contributed by atoms with van der Waals surface area (Å²) in [7, 11) is 0. The summed E-state index contributed by atoms with van der Waals surface area (Å²) in [5, 5.41) is 8.84. The molecule has 1 unspecified atom stereocenters. The molecule has 0 amide bonds. The van der Waals surface area contributed by atoms with Crippen LogP contribution in [0.1, 0.15) is 44.9 Å². The Labute approximate surface area is 95.9 Å². The van der Waals surface area contributed by atoms with E-state index in [1.165, 1.54) is 6.42 Å². The number of carboxylic acid groups (broad SMARTS) is 1. The lowest BCUT2D eigenvalue weighted by Gasteiger charge is -2.41. The fourth-order valence-electron chi connectivity index (χ4n) is 2.43. The zero-order chi connectivity index (χ0) is 11.4. The van der Waals surface area contributed by atoms with Crippen LogP contribution in [0.15, 0.2) is 0 Å². The van der Waals surface area contributed by atoms with E-state index >= 15 is 0 Å². The Morgan fingerprint density at radius 1 is 1.38 bits per heavy atom. The van der Waals surface area contributed by atoms with Crippen LogP contribution in [0, 0.1) is 0 Å². The van der Waals surface area contributed by atoms with Gasteiger partial charge in [-0.05, 0) is 38.5 Å². The molecule has 92 valence electrons. The monoisotopic (exact) mass is 228 g/mol. The van der Waals surface area contributed by atoms with Gasteiger partial charge in [0.05, 0.1) is 24.7 Å². The normalized spacial score (nSPS) is 28.4. The summed E-state index contributed by atoms with van der Waals surface area (Å²) in [6.45, 7) is 1.38. The largest absolute Gasteiger partial charge is 0.481 e. The molecule has 0 bridgehead atoms. The first kappa shape index (κ1) is 11.9. The maximum Gasteiger partial charge on any atom is 0.306 e. The van der Waals surface area contributed by atoms with Crippen LogP contribution in [0.4, 0.5) is 0 Å². The van der Waals surface area contributed by atoms with Crippen LogP contribution < -0.4 is 0 Å². The van der Waals surface area contributed by atoms with E-state index in [1.54, 1.807) is 0 Å². The number of carboxylic acids is 1. The molecule has 16 heavy (non-hydrogen) atoms. The van der Waals surface area contributed by atoms with Gasteiger partial charge in [0.25, 0.3) is 0 Å². The van der Waals surface area contributed by atoms with Gasteiger partial charge in [0.1, 0.15) is 0 Å². The van der Waals surface area contributed by atoms with E-state index in [9.17, 15) is 4.79 Å². The Morgan fingerprint density at radius 2 is 2.19 bits per heavy atom. The third-order valence-electron chi connectivity index (χ3n) is 3.59. The van der Waals surface area contributed by atoms with Gasteiger partial charge in [-0.15, -0.1) is 0 Å². The van der Waals surface area contributed by atoms with E-state index in [-0.39, 0.29) is 18.1 Å². The van der Waals surface area contributed by atoms with Crippen molar-refractivity contribution < 1.29 is 19.4 Å². The number of carbonyl (C=O) groups is 1. The van der Waals surface area contributed by atoms with Crippen molar-refractivity contribution in [3.05, 3.63) is 0 Å². The Hall–Kier alpha value is -0.610. The number of aliphatic carboxylic acids is 1. The predicted molar refractivity (Wildman–Crippen MR) is 58.4 cm³/mol. The van der Waals surface area contributed by atoms with E-state index in [2.05, 4.69) is 0 Å². The van der Waals surface area contributed by atoms with Crippen molar-refractivity contribution in [2.24, 2.45) is 0 Å². The highest BCUT2D eigenvalue weighted by Gasteiger charge is 2.40. The molecule has 0 radical (unpaired) electrons. The highest BCUT2D eigenvalue weighted by atomic mass is 16.5.